The van der Waals surface area contributed by atoms with Crippen LogP contribution in [0.2, 0.25) is 0 Å². The predicted octanol–water partition coefficient (Wildman–Crippen LogP) is 16.6. The topological polar surface area (TPSA) is 34.1 Å². The molecule has 0 atom stereocenters. The van der Waals surface area contributed by atoms with Crippen LogP contribution in [0.5, 0.6) is 0 Å². The smallest absolute Gasteiger partial charge is 0.184 e. The highest BCUT2D eigenvalue weighted by Crippen LogP contribution is 2.20. The first kappa shape index (κ1) is 49.5. The summed E-state index contributed by atoms with van der Waals surface area (Å²) in [4.78, 5) is 24.0. The first-order valence-corrected chi connectivity index (χ1v) is 21.5. The third-order valence-electron chi connectivity index (χ3n) is 10.5. The van der Waals surface area contributed by atoms with E-state index in [1.54, 1.807) is 6.92 Å². The average molecular weight is 749 g/mol. The van der Waals surface area contributed by atoms with Crippen molar-refractivity contribution >= 4 is 11.6 Å². The van der Waals surface area contributed by atoms with Crippen molar-refractivity contribution in [2.45, 2.75) is 192 Å². The lowest BCUT2D eigenvalue weighted by Gasteiger charge is -2.09. The molecule has 0 aromatic heterocycles. The lowest BCUT2D eigenvalue weighted by atomic mass is 9.93. The molecule has 2 nitrogen and oxygen atoms in total. The van der Waals surface area contributed by atoms with Gasteiger partial charge in [0.15, 0.2) is 11.6 Å². The maximum absolute atomic E-state index is 12.2. The van der Waals surface area contributed by atoms with Gasteiger partial charge in [0.2, 0.25) is 0 Å². The summed E-state index contributed by atoms with van der Waals surface area (Å²) in [5.74, 6) is -0.0557. The van der Waals surface area contributed by atoms with Crippen LogP contribution in [-0.4, -0.2) is 11.6 Å². The minimum Gasteiger partial charge on any atom is -0.290 e. The molecule has 0 amide bonds. The van der Waals surface area contributed by atoms with E-state index in [4.69, 9.17) is 0 Å². The van der Waals surface area contributed by atoms with Crippen LogP contribution in [0, 0.1) is 0 Å². The monoisotopic (exact) mass is 749 g/mol. The summed E-state index contributed by atoms with van der Waals surface area (Å²) in [5, 5.41) is 0. The molecule has 0 spiro atoms. The summed E-state index contributed by atoms with van der Waals surface area (Å²) >= 11 is 0. The van der Waals surface area contributed by atoms with E-state index < -0.39 is 0 Å². The Balaban J connectivity index is 2.24. The highest BCUT2D eigenvalue weighted by molar-refractivity contribution is 6.19. The maximum Gasteiger partial charge on any atom is 0.184 e. The second kappa shape index (κ2) is 29.7. The van der Waals surface area contributed by atoms with Crippen molar-refractivity contribution in [3.63, 3.8) is 0 Å². The third kappa shape index (κ3) is 26.8. The molecule has 0 aliphatic heterocycles. The molecule has 0 saturated carbocycles. The van der Waals surface area contributed by atoms with Gasteiger partial charge in [-0.05, 0) is 204 Å². The number of carbonyl (C=O) groups excluding carboxylic acids is 2. The molecule has 0 unspecified atom stereocenters. The van der Waals surface area contributed by atoms with E-state index in [0.29, 0.717) is 17.6 Å². The number of Topliss-reactive ketones (excluding diaryl/α,β-unsaturated/α-hetero) is 1. The van der Waals surface area contributed by atoms with E-state index in [9.17, 15) is 9.59 Å². The van der Waals surface area contributed by atoms with Crippen LogP contribution >= 0.6 is 0 Å². The number of rotatable bonds is 27. The molecule has 2 heteroatoms. The minimum atomic E-state index is -0.0691. The Hall–Kier alpha value is -3.52. The van der Waals surface area contributed by atoms with E-state index in [2.05, 4.69) is 124 Å². The van der Waals surface area contributed by atoms with Gasteiger partial charge in [0, 0.05) is 11.1 Å². The molecule has 0 aromatic carbocycles. The van der Waals surface area contributed by atoms with Gasteiger partial charge in [0.05, 0.1) is 0 Å². The molecule has 0 bridgehead atoms. The van der Waals surface area contributed by atoms with Gasteiger partial charge < -0.3 is 0 Å². The van der Waals surface area contributed by atoms with Crippen LogP contribution in [-0.2, 0) is 9.59 Å². The Morgan fingerprint density at radius 3 is 0.909 bits per heavy atom. The first-order chi connectivity index (χ1) is 26.2. The molecule has 0 N–H and O–H groups in total. The van der Waals surface area contributed by atoms with E-state index in [-0.39, 0.29) is 11.6 Å². The number of hydrogen-bond acceptors (Lipinski definition) is 2. The Morgan fingerprint density at radius 2 is 0.636 bits per heavy atom. The molecule has 0 fully saturated rings. The van der Waals surface area contributed by atoms with Crippen molar-refractivity contribution in [3.05, 3.63) is 128 Å². The summed E-state index contributed by atoms with van der Waals surface area (Å²) in [7, 11) is 0. The fourth-order valence-electron chi connectivity index (χ4n) is 6.70. The number of carbonyl (C=O) groups is 2. The first-order valence-electron chi connectivity index (χ1n) is 21.5. The highest BCUT2D eigenvalue weighted by Gasteiger charge is 2.17. The largest absolute Gasteiger partial charge is 0.290 e. The van der Waals surface area contributed by atoms with Crippen molar-refractivity contribution in [1.82, 2.24) is 0 Å². The molecule has 1 rings (SSSR count). The molecule has 0 aromatic rings. The second-order valence-electron chi connectivity index (χ2n) is 16.8. The van der Waals surface area contributed by atoms with Gasteiger partial charge in [-0.15, -0.1) is 0 Å². The molecule has 0 saturated heterocycles. The SMILES string of the molecule is CC(C)=CCCC(C)=CCCC(C)=CCCC(C)=CCCC(C)=CCCC(C)=CCCC(C)=CCCC(C)=CCCC(C)=CCCC1=CC(=O)C=C(C)C1=O. The van der Waals surface area contributed by atoms with Crippen molar-refractivity contribution in [2.24, 2.45) is 0 Å². The van der Waals surface area contributed by atoms with E-state index in [0.717, 1.165) is 89.9 Å². The lowest BCUT2D eigenvalue weighted by molar-refractivity contribution is -0.115. The van der Waals surface area contributed by atoms with Crippen LogP contribution < -0.4 is 0 Å². The Labute approximate surface area is 339 Å². The zero-order valence-corrected chi connectivity index (χ0v) is 37.4. The molecule has 0 heterocycles. The van der Waals surface area contributed by atoms with Gasteiger partial charge in [-0.1, -0.05) is 105 Å². The van der Waals surface area contributed by atoms with E-state index >= 15 is 0 Å². The number of ketones is 2. The van der Waals surface area contributed by atoms with Crippen LogP contribution in [0.4, 0.5) is 0 Å². The summed E-state index contributed by atoms with van der Waals surface area (Å²) in [6, 6.07) is 0. The summed E-state index contributed by atoms with van der Waals surface area (Å²) in [5.41, 5.74) is 14.5. The predicted molar refractivity (Wildman–Crippen MR) is 244 cm³/mol. The van der Waals surface area contributed by atoms with Gasteiger partial charge >= 0.3 is 0 Å². The number of hydrogen-bond donors (Lipinski definition) is 0. The summed E-state index contributed by atoms with van der Waals surface area (Å²) in [6.45, 7) is 24.2. The molecule has 1 aliphatic rings. The van der Waals surface area contributed by atoms with Crippen LogP contribution in [0.1, 0.15) is 192 Å². The normalized spacial score (nSPS) is 15.8. The van der Waals surface area contributed by atoms with E-state index in [1.807, 2.05) is 0 Å². The zero-order valence-electron chi connectivity index (χ0n) is 37.4. The Kier molecular flexibility index (Phi) is 26.8. The highest BCUT2D eigenvalue weighted by atomic mass is 16.1. The minimum absolute atomic E-state index is 0.0134. The van der Waals surface area contributed by atoms with E-state index in [1.165, 1.54) is 81.6 Å². The van der Waals surface area contributed by atoms with Gasteiger partial charge in [0.25, 0.3) is 0 Å². The quantitative estimate of drug-likeness (QED) is 0.0619. The molecule has 1 aliphatic carbocycles. The van der Waals surface area contributed by atoms with Crippen LogP contribution in [0.15, 0.2) is 128 Å². The van der Waals surface area contributed by atoms with Crippen molar-refractivity contribution in [2.75, 3.05) is 0 Å². The summed E-state index contributed by atoms with van der Waals surface area (Å²) in [6.07, 6.45) is 44.1. The van der Waals surface area contributed by atoms with Crippen molar-refractivity contribution in [1.29, 1.82) is 0 Å². The standard InChI is InChI=1S/C53H80O2/c1-41(2)21-12-22-42(3)23-13-24-43(4)25-14-26-44(5)27-15-28-45(6)29-16-30-46(7)31-17-32-47(8)33-18-34-48(9)35-19-36-49(10)37-20-38-51-40-52(54)39-50(11)53(51)55/h21,23,25,27,29,31,33,35,37,39-40H,12-20,22,24,26,28,30,32,34,36,38H2,1-11H3. The second-order valence-corrected chi connectivity index (χ2v) is 16.8. The molecule has 0 radical (unpaired) electrons. The Bertz CT molecular complexity index is 1560. The number of allylic oxidation sites excluding steroid dienone is 22. The molecule has 304 valence electrons. The Morgan fingerprint density at radius 1 is 0.382 bits per heavy atom. The van der Waals surface area contributed by atoms with Gasteiger partial charge in [0.1, 0.15) is 0 Å². The maximum atomic E-state index is 12.2. The van der Waals surface area contributed by atoms with Crippen molar-refractivity contribution in [3.8, 4) is 0 Å². The van der Waals surface area contributed by atoms with Gasteiger partial charge in [-0.2, -0.15) is 0 Å². The molecule has 55 heavy (non-hydrogen) atoms. The average Bonchev–Trinajstić information content (AvgIpc) is 3.10. The molecular formula is C53H80O2. The van der Waals surface area contributed by atoms with Crippen LogP contribution in [0.3, 0.4) is 0 Å². The fourth-order valence-corrected chi connectivity index (χ4v) is 6.70. The summed E-state index contributed by atoms with van der Waals surface area (Å²) < 4.78 is 0. The lowest BCUT2D eigenvalue weighted by Crippen LogP contribution is -2.12. The van der Waals surface area contributed by atoms with Crippen molar-refractivity contribution < 1.29 is 9.59 Å². The zero-order chi connectivity index (χ0) is 41.0. The third-order valence-corrected chi connectivity index (χ3v) is 10.5. The fraction of sp³-hybridized carbons (Fsp3) is 0.547. The van der Waals surface area contributed by atoms with Gasteiger partial charge in [-0.25, -0.2) is 0 Å². The van der Waals surface area contributed by atoms with Gasteiger partial charge in [-0.3, -0.25) is 9.59 Å². The van der Waals surface area contributed by atoms with Crippen LogP contribution in [0.25, 0.3) is 0 Å². The molecular weight excluding hydrogens is 669 g/mol.